The second kappa shape index (κ2) is 7.48. The average molecular weight is 379 g/mol. The van der Waals surface area contributed by atoms with Crippen LogP contribution in [0.2, 0.25) is 0 Å². The molecule has 0 saturated carbocycles. The van der Waals surface area contributed by atoms with E-state index in [1.807, 2.05) is 5.32 Å². The van der Waals surface area contributed by atoms with Gasteiger partial charge in [-0.25, -0.2) is 4.98 Å². The monoisotopic (exact) mass is 379 g/mol. The summed E-state index contributed by atoms with van der Waals surface area (Å²) in [5.74, 6) is -0.872. The lowest BCUT2D eigenvalue weighted by atomic mass is 10.2. The first-order chi connectivity index (χ1) is 12.4. The molecule has 3 aromatic rings. The first-order valence-corrected chi connectivity index (χ1v) is 8.22. The van der Waals surface area contributed by atoms with E-state index in [1.54, 1.807) is 29.8 Å². The van der Waals surface area contributed by atoms with Crippen molar-refractivity contribution in [2.75, 3.05) is 5.32 Å². The van der Waals surface area contributed by atoms with Crippen molar-refractivity contribution < 1.29 is 18.0 Å². The van der Waals surface area contributed by atoms with E-state index in [2.05, 4.69) is 20.3 Å². The maximum atomic E-state index is 13.3. The van der Waals surface area contributed by atoms with Gasteiger partial charge in [0, 0.05) is 29.5 Å². The van der Waals surface area contributed by atoms with Crippen molar-refractivity contribution >= 4 is 22.4 Å². The van der Waals surface area contributed by atoms with Gasteiger partial charge in [-0.2, -0.15) is 13.2 Å². The number of carbonyl (C=O) groups is 1. The molecule has 1 amide bonds. The number of rotatable bonds is 5. The molecule has 1 unspecified atom stereocenters. The Kier molecular flexibility index (Phi) is 5.12. The van der Waals surface area contributed by atoms with Crippen LogP contribution in [0.15, 0.2) is 54.3 Å². The van der Waals surface area contributed by atoms with Crippen LogP contribution in [0.5, 0.6) is 0 Å². The summed E-state index contributed by atoms with van der Waals surface area (Å²) in [6.07, 6.45) is -2.78. The summed E-state index contributed by atoms with van der Waals surface area (Å²) in [6.45, 7) is 0. The van der Waals surface area contributed by atoms with E-state index in [9.17, 15) is 18.0 Å². The predicted octanol–water partition coefficient (Wildman–Crippen LogP) is 3.33. The minimum Gasteiger partial charge on any atom is -0.334 e. The normalized spacial score (nSPS) is 12.4. The van der Waals surface area contributed by atoms with Crippen LogP contribution in [0, 0.1) is 0 Å². The van der Waals surface area contributed by atoms with Gasteiger partial charge in [0.1, 0.15) is 5.69 Å². The van der Waals surface area contributed by atoms with Crippen molar-refractivity contribution in [1.29, 1.82) is 0 Å². The number of amides is 1. The van der Waals surface area contributed by atoms with Crippen molar-refractivity contribution in [3.63, 3.8) is 0 Å². The third-order valence-corrected chi connectivity index (χ3v) is 4.02. The molecule has 26 heavy (non-hydrogen) atoms. The Balaban J connectivity index is 1.75. The molecule has 0 aliphatic carbocycles. The number of anilines is 1. The van der Waals surface area contributed by atoms with E-state index in [4.69, 9.17) is 0 Å². The van der Waals surface area contributed by atoms with Gasteiger partial charge in [-0.1, -0.05) is 6.07 Å². The summed E-state index contributed by atoms with van der Waals surface area (Å²) < 4.78 is 39.9. The molecule has 0 bridgehead atoms. The second-order valence-corrected chi connectivity index (χ2v) is 5.94. The maximum Gasteiger partial charge on any atom is 0.427 e. The summed E-state index contributed by atoms with van der Waals surface area (Å²) in [5, 5.41) is 5.74. The fourth-order valence-electron chi connectivity index (χ4n) is 2.01. The summed E-state index contributed by atoms with van der Waals surface area (Å²) in [6, 6.07) is 7.83. The first-order valence-electron chi connectivity index (χ1n) is 7.34. The fraction of sp³-hybridized carbons (Fsp3) is 0.125. The van der Waals surface area contributed by atoms with Crippen LogP contribution in [-0.2, 0) is 0 Å². The van der Waals surface area contributed by atoms with Gasteiger partial charge >= 0.3 is 6.18 Å². The summed E-state index contributed by atoms with van der Waals surface area (Å²) in [7, 11) is 0. The number of alkyl halides is 3. The van der Waals surface area contributed by atoms with Crippen LogP contribution in [-0.4, -0.2) is 33.2 Å². The highest BCUT2D eigenvalue weighted by Gasteiger charge is 2.41. The topological polar surface area (TPSA) is 79.8 Å². The molecular weight excluding hydrogens is 367 g/mol. The number of carbonyl (C=O) groups excluding carboxylic acids is 1. The zero-order valence-electron chi connectivity index (χ0n) is 13.1. The molecule has 0 aliphatic rings. The maximum absolute atomic E-state index is 13.3. The van der Waals surface area contributed by atoms with E-state index in [0.29, 0.717) is 11.4 Å². The van der Waals surface area contributed by atoms with Gasteiger partial charge < -0.3 is 10.6 Å². The van der Waals surface area contributed by atoms with Crippen LogP contribution < -0.4 is 10.6 Å². The lowest BCUT2D eigenvalue weighted by molar-refractivity contribution is -0.146. The number of hydrogen-bond donors (Lipinski definition) is 2. The zero-order valence-corrected chi connectivity index (χ0v) is 13.9. The third-order valence-electron chi connectivity index (χ3n) is 3.24. The summed E-state index contributed by atoms with van der Waals surface area (Å²) in [4.78, 5) is 23.9. The molecule has 0 saturated heterocycles. The molecule has 0 radical (unpaired) electrons. The largest absolute Gasteiger partial charge is 0.427 e. The van der Waals surface area contributed by atoms with Gasteiger partial charge in [0.15, 0.2) is 11.3 Å². The van der Waals surface area contributed by atoms with Crippen molar-refractivity contribution in [2.45, 2.75) is 12.3 Å². The van der Waals surface area contributed by atoms with Crippen molar-refractivity contribution in [3.05, 3.63) is 59.9 Å². The van der Waals surface area contributed by atoms with Gasteiger partial charge in [0.25, 0.3) is 5.91 Å². The lowest BCUT2D eigenvalue weighted by Gasteiger charge is -2.22. The Morgan fingerprint density at radius 1 is 1.08 bits per heavy atom. The standard InChI is InChI=1S/C16H12F3N5OS/c17-16(18,19)14(23-13(25)10-4-7-20-8-5-10)24-15-22-12(9-26-15)11-3-1-2-6-21-11/h1-9,14H,(H,22,24)(H,23,25). The summed E-state index contributed by atoms with van der Waals surface area (Å²) >= 11 is 0.988. The predicted molar refractivity (Wildman–Crippen MR) is 90.5 cm³/mol. The molecule has 0 aliphatic heterocycles. The second-order valence-electron chi connectivity index (χ2n) is 5.08. The third kappa shape index (κ3) is 4.33. The van der Waals surface area contributed by atoms with E-state index >= 15 is 0 Å². The number of aromatic nitrogens is 3. The molecule has 10 heteroatoms. The molecule has 6 nitrogen and oxygen atoms in total. The Morgan fingerprint density at radius 2 is 1.85 bits per heavy atom. The minimum atomic E-state index is -4.71. The molecule has 3 heterocycles. The first kappa shape index (κ1) is 17.8. The number of halogens is 3. The van der Waals surface area contributed by atoms with Gasteiger partial charge in [0.2, 0.25) is 0 Å². The molecule has 0 aromatic carbocycles. The minimum absolute atomic E-state index is 0.0167. The molecule has 0 spiro atoms. The Hall–Kier alpha value is -3.01. The van der Waals surface area contributed by atoms with Crippen molar-refractivity contribution in [2.24, 2.45) is 0 Å². The quantitative estimate of drug-likeness (QED) is 0.665. The molecule has 134 valence electrons. The van der Waals surface area contributed by atoms with E-state index in [0.717, 1.165) is 11.3 Å². The molecule has 2 N–H and O–H groups in total. The molecule has 0 fully saturated rings. The molecule has 3 rings (SSSR count). The van der Waals surface area contributed by atoms with Gasteiger partial charge in [0.05, 0.1) is 5.69 Å². The van der Waals surface area contributed by atoms with Crippen LogP contribution >= 0.6 is 11.3 Å². The Bertz CT molecular complexity index is 870. The number of hydrogen-bond acceptors (Lipinski definition) is 6. The van der Waals surface area contributed by atoms with Gasteiger partial charge in [-0.15, -0.1) is 11.3 Å². The molecule has 3 aromatic heterocycles. The van der Waals surface area contributed by atoms with Crippen LogP contribution in [0.1, 0.15) is 10.4 Å². The number of thiazole rings is 1. The highest BCUT2D eigenvalue weighted by Crippen LogP contribution is 2.27. The average Bonchev–Trinajstić information content (AvgIpc) is 3.10. The van der Waals surface area contributed by atoms with Crippen molar-refractivity contribution in [1.82, 2.24) is 20.3 Å². The lowest BCUT2D eigenvalue weighted by Crippen LogP contribution is -2.50. The number of nitrogens with one attached hydrogen (secondary N) is 2. The van der Waals surface area contributed by atoms with E-state index in [-0.39, 0.29) is 10.7 Å². The Labute approximate surface area is 150 Å². The SMILES string of the molecule is O=C(NC(Nc1nc(-c2ccccn2)cs1)C(F)(F)F)c1ccncc1. The van der Waals surface area contributed by atoms with Crippen LogP contribution in [0.25, 0.3) is 11.4 Å². The van der Waals surface area contributed by atoms with Gasteiger partial charge in [-0.3, -0.25) is 14.8 Å². The Morgan fingerprint density at radius 3 is 2.50 bits per heavy atom. The highest BCUT2D eigenvalue weighted by atomic mass is 32.1. The van der Waals surface area contributed by atoms with E-state index < -0.39 is 18.2 Å². The van der Waals surface area contributed by atoms with Crippen molar-refractivity contribution in [3.8, 4) is 11.4 Å². The fourth-order valence-corrected chi connectivity index (χ4v) is 2.75. The van der Waals surface area contributed by atoms with E-state index in [1.165, 1.54) is 24.5 Å². The number of pyridine rings is 2. The van der Waals surface area contributed by atoms with Crippen LogP contribution in [0.4, 0.5) is 18.3 Å². The van der Waals surface area contributed by atoms with Crippen LogP contribution in [0.3, 0.4) is 0 Å². The molecule has 1 atom stereocenters. The van der Waals surface area contributed by atoms with Gasteiger partial charge in [-0.05, 0) is 24.3 Å². The summed E-state index contributed by atoms with van der Waals surface area (Å²) in [5.41, 5.74) is 1.06. The zero-order chi connectivity index (χ0) is 18.6. The smallest absolute Gasteiger partial charge is 0.334 e. The highest BCUT2D eigenvalue weighted by molar-refractivity contribution is 7.14. The number of nitrogens with zero attached hydrogens (tertiary/aromatic N) is 3. The molecular formula is C16H12F3N5OS.